The zero-order valence-corrected chi connectivity index (χ0v) is 25.1. The quantitative estimate of drug-likeness (QED) is 0.263. The first-order chi connectivity index (χ1) is 20.9. The van der Waals surface area contributed by atoms with Crippen LogP contribution in [0.25, 0.3) is 6.08 Å². The number of hydrogen-bond acceptors (Lipinski definition) is 9. The summed E-state index contributed by atoms with van der Waals surface area (Å²) in [6.45, 7) is 4.33. The number of aliphatic imine (C=N–C) groups is 1. The second-order valence-corrected chi connectivity index (χ2v) is 12.6. The number of likely N-dealkylation sites (tertiary alicyclic amines) is 1. The zero-order chi connectivity index (χ0) is 29.8. The molecule has 4 aliphatic rings. The summed E-state index contributed by atoms with van der Waals surface area (Å²) in [6.07, 6.45) is 7.58. The minimum absolute atomic E-state index is 0.0219. The summed E-state index contributed by atoms with van der Waals surface area (Å²) < 4.78 is 5.87. The largest absolute Gasteiger partial charge is 0.506 e. The molecule has 4 aliphatic heterocycles. The molecule has 0 aliphatic carbocycles. The topological polar surface area (TPSA) is 127 Å². The summed E-state index contributed by atoms with van der Waals surface area (Å²) in [6, 6.07) is 11.9. The van der Waals surface area contributed by atoms with Crippen molar-refractivity contribution in [3.63, 3.8) is 0 Å². The third-order valence-electron chi connectivity index (χ3n) is 8.47. The van der Waals surface area contributed by atoms with E-state index in [1.807, 2.05) is 6.08 Å². The number of hydrogen-bond donors (Lipinski definition) is 4. The third-order valence-corrected chi connectivity index (χ3v) is 9.52. The second kappa shape index (κ2) is 13.4. The molecular formula is C32H39N5O5S. The van der Waals surface area contributed by atoms with Crippen LogP contribution in [0, 0.1) is 0 Å². The number of thioether (sulfide) groups is 1. The average Bonchev–Trinajstić information content (AvgIpc) is 3.40. The maximum Gasteiger partial charge on any atom is 0.286 e. The first kappa shape index (κ1) is 29.5. The van der Waals surface area contributed by atoms with Gasteiger partial charge in [0.1, 0.15) is 24.2 Å². The van der Waals surface area contributed by atoms with Crippen LogP contribution in [-0.4, -0.2) is 83.6 Å². The van der Waals surface area contributed by atoms with Gasteiger partial charge < -0.3 is 35.4 Å². The Labute approximate surface area is 256 Å². The fourth-order valence-electron chi connectivity index (χ4n) is 6.02. The lowest BCUT2D eigenvalue weighted by atomic mass is 10.0. The molecule has 4 N–H and O–H groups in total. The molecule has 10 nitrogen and oxygen atoms in total. The van der Waals surface area contributed by atoms with Crippen LogP contribution in [0.3, 0.4) is 0 Å². The van der Waals surface area contributed by atoms with Gasteiger partial charge in [-0.15, -0.1) is 0 Å². The molecule has 6 rings (SSSR count). The van der Waals surface area contributed by atoms with Gasteiger partial charge in [-0.1, -0.05) is 12.1 Å². The lowest BCUT2D eigenvalue weighted by Crippen LogP contribution is -2.45. The number of aliphatic hydroxyl groups is 1. The standard InChI is InChI=1S/C32H39N5O5S/c38-24(20-42-27-10-9-26(39)30-25(27)8-11-29(40)34-30)19-33-22-12-16-36(17-13-22)23-6-4-21(5-7-23)18-28-31(41)35-32(43-28)37-14-2-1-3-15-37/h4-7,9-10,18,22,24,33,38-39H,1-3,8,11-17,19-20H2,(H,34,40)/b28-18+/t24-/m0/s1. The van der Waals surface area contributed by atoms with Gasteiger partial charge in [0.25, 0.3) is 5.91 Å². The average molecular weight is 606 g/mol. The highest BCUT2D eigenvalue weighted by molar-refractivity contribution is 8.18. The summed E-state index contributed by atoms with van der Waals surface area (Å²) in [5, 5.41) is 27.6. The molecule has 228 valence electrons. The van der Waals surface area contributed by atoms with Crippen LogP contribution >= 0.6 is 11.8 Å². The van der Waals surface area contributed by atoms with Crippen LogP contribution in [0.4, 0.5) is 11.4 Å². The molecule has 0 spiro atoms. The van der Waals surface area contributed by atoms with Crippen LogP contribution in [0.2, 0.25) is 0 Å². The van der Waals surface area contributed by atoms with E-state index in [1.54, 1.807) is 6.07 Å². The molecule has 4 heterocycles. The number of anilines is 2. The fraction of sp³-hybridized carbons (Fsp3) is 0.469. The van der Waals surface area contributed by atoms with Crippen molar-refractivity contribution in [2.75, 3.05) is 49.5 Å². The Morgan fingerprint density at radius 2 is 1.79 bits per heavy atom. The van der Waals surface area contributed by atoms with E-state index in [0.29, 0.717) is 41.8 Å². The number of carbonyl (C=O) groups is 2. The van der Waals surface area contributed by atoms with Crippen LogP contribution < -0.4 is 20.3 Å². The molecule has 0 bridgehead atoms. The van der Waals surface area contributed by atoms with Gasteiger partial charge in [-0.05, 0) is 86.2 Å². The van der Waals surface area contributed by atoms with E-state index in [1.165, 1.54) is 24.2 Å². The van der Waals surface area contributed by atoms with Crippen molar-refractivity contribution in [1.82, 2.24) is 10.2 Å². The fourth-order valence-corrected chi connectivity index (χ4v) is 6.99. The number of fused-ring (bicyclic) bond motifs is 1. The van der Waals surface area contributed by atoms with Gasteiger partial charge in [-0.2, -0.15) is 4.99 Å². The van der Waals surface area contributed by atoms with Gasteiger partial charge in [-0.25, -0.2) is 0 Å². The van der Waals surface area contributed by atoms with E-state index in [9.17, 15) is 19.8 Å². The Bertz CT molecular complexity index is 1400. The summed E-state index contributed by atoms with van der Waals surface area (Å²) in [5.41, 5.74) is 3.33. The molecule has 2 saturated heterocycles. The number of nitrogens with one attached hydrogen (secondary N) is 2. The smallest absolute Gasteiger partial charge is 0.286 e. The summed E-state index contributed by atoms with van der Waals surface area (Å²) in [4.78, 5) is 33.8. The van der Waals surface area contributed by atoms with E-state index >= 15 is 0 Å². The van der Waals surface area contributed by atoms with Crippen molar-refractivity contribution in [2.24, 2.45) is 4.99 Å². The Morgan fingerprint density at radius 1 is 1.02 bits per heavy atom. The molecule has 0 unspecified atom stereocenters. The van der Waals surface area contributed by atoms with Crippen molar-refractivity contribution in [3.8, 4) is 11.5 Å². The lowest BCUT2D eigenvalue weighted by Gasteiger charge is -2.34. The molecule has 2 fully saturated rings. The lowest BCUT2D eigenvalue weighted by molar-refractivity contribution is -0.116. The highest BCUT2D eigenvalue weighted by Gasteiger charge is 2.27. The molecule has 43 heavy (non-hydrogen) atoms. The minimum Gasteiger partial charge on any atom is -0.506 e. The van der Waals surface area contributed by atoms with E-state index in [4.69, 9.17) is 4.74 Å². The SMILES string of the molecule is O=C1CCc2c(OC[C@@H](O)CNC3CCN(c4ccc(/C=C5/SC(N6CCCCC6)=NC5=O)cc4)CC3)ccc(O)c2N1. The molecular weight excluding hydrogens is 566 g/mol. The maximum absolute atomic E-state index is 12.5. The molecule has 2 amide bonds. The Kier molecular flexibility index (Phi) is 9.20. The van der Waals surface area contributed by atoms with Gasteiger partial charge in [0, 0.05) is 56.4 Å². The maximum atomic E-state index is 12.5. The molecule has 2 aromatic rings. The predicted molar refractivity (Wildman–Crippen MR) is 170 cm³/mol. The van der Waals surface area contributed by atoms with Gasteiger partial charge in [0.15, 0.2) is 5.17 Å². The van der Waals surface area contributed by atoms with Gasteiger partial charge in [0.2, 0.25) is 5.91 Å². The molecule has 11 heteroatoms. The second-order valence-electron chi connectivity index (χ2n) is 11.6. The van der Waals surface area contributed by atoms with E-state index in [-0.39, 0.29) is 24.2 Å². The number of amides is 2. The van der Waals surface area contributed by atoms with Crippen LogP contribution in [0.5, 0.6) is 11.5 Å². The number of phenolic OH excluding ortho intramolecular Hbond substituents is 1. The van der Waals surface area contributed by atoms with E-state index < -0.39 is 6.10 Å². The van der Waals surface area contributed by atoms with Gasteiger partial charge >= 0.3 is 0 Å². The zero-order valence-electron chi connectivity index (χ0n) is 24.3. The normalized spacial score (nSPS) is 21.0. The predicted octanol–water partition coefficient (Wildman–Crippen LogP) is 3.73. The van der Waals surface area contributed by atoms with Crippen molar-refractivity contribution < 1.29 is 24.5 Å². The van der Waals surface area contributed by atoms with Crippen molar-refractivity contribution in [2.45, 2.75) is 57.1 Å². The molecule has 1 atom stereocenters. The molecule has 0 radical (unpaired) electrons. The van der Waals surface area contributed by atoms with Crippen molar-refractivity contribution in [1.29, 1.82) is 0 Å². The van der Waals surface area contributed by atoms with Gasteiger partial charge in [-0.3, -0.25) is 9.59 Å². The number of rotatable bonds is 8. The Morgan fingerprint density at radius 3 is 2.56 bits per heavy atom. The number of carbonyl (C=O) groups excluding carboxylic acids is 2. The van der Waals surface area contributed by atoms with Crippen molar-refractivity contribution >= 4 is 46.2 Å². The highest BCUT2D eigenvalue weighted by atomic mass is 32.2. The molecule has 0 aromatic heterocycles. The van der Waals surface area contributed by atoms with Crippen LogP contribution in [-0.2, 0) is 16.0 Å². The monoisotopic (exact) mass is 605 g/mol. The number of amidine groups is 1. The van der Waals surface area contributed by atoms with Gasteiger partial charge in [0.05, 0.1) is 10.6 Å². The molecule has 2 aromatic carbocycles. The van der Waals surface area contributed by atoms with Crippen LogP contribution in [0.1, 0.15) is 49.7 Å². The number of ether oxygens (including phenoxy) is 1. The van der Waals surface area contributed by atoms with Crippen LogP contribution in [0.15, 0.2) is 46.3 Å². The van der Waals surface area contributed by atoms with Crippen molar-refractivity contribution in [3.05, 3.63) is 52.4 Å². The number of aliphatic hydroxyl groups excluding tert-OH is 1. The van der Waals surface area contributed by atoms with E-state index in [2.05, 4.69) is 49.7 Å². The minimum atomic E-state index is -0.687. The number of nitrogens with zero attached hydrogens (tertiary/aromatic N) is 3. The third kappa shape index (κ3) is 7.17. The summed E-state index contributed by atoms with van der Waals surface area (Å²) >= 11 is 1.49. The number of aromatic hydroxyl groups is 1. The highest BCUT2D eigenvalue weighted by Crippen LogP contribution is 2.38. The first-order valence-electron chi connectivity index (χ1n) is 15.2. The first-order valence-corrected chi connectivity index (χ1v) is 16.1. The molecule has 0 saturated carbocycles. The van der Waals surface area contributed by atoms with E-state index in [0.717, 1.165) is 73.8 Å². The Balaban J connectivity index is 0.934. The number of benzene rings is 2. The summed E-state index contributed by atoms with van der Waals surface area (Å²) in [7, 11) is 0. The number of piperidine rings is 2. The number of phenols is 1. The Hall–Kier alpha value is -3.54. The summed E-state index contributed by atoms with van der Waals surface area (Å²) in [5.74, 6) is 0.327.